The first-order valence-electron chi connectivity index (χ1n) is 7.50. The first-order valence-corrected chi connectivity index (χ1v) is 8.26. The zero-order valence-corrected chi connectivity index (χ0v) is 13.1. The van der Waals surface area contributed by atoms with Crippen LogP contribution in [0.5, 0.6) is 0 Å². The standard InChI is InChI=1S/C17H16Cl2N2/c18-15-14(11-4-2-1-3-5-11)16(19)21-17(20-15)13-9-10-6-7-12(13)8-10/h1-5,10,12-13H,6-9H2. The number of rotatable bonds is 2. The Labute approximate surface area is 134 Å². The lowest BCUT2D eigenvalue weighted by atomic mass is 9.88. The van der Waals surface area contributed by atoms with Gasteiger partial charge in [-0.2, -0.15) is 0 Å². The molecule has 0 amide bonds. The summed E-state index contributed by atoms with van der Waals surface area (Å²) in [4.78, 5) is 9.16. The fraction of sp³-hybridized carbons (Fsp3) is 0.412. The molecule has 0 saturated heterocycles. The number of aromatic nitrogens is 2. The fourth-order valence-corrected chi connectivity index (χ4v) is 4.61. The predicted octanol–water partition coefficient (Wildman–Crippen LogP) is 5.35. The van der Waals surface area contributed by atoms with Crippen LogP contribution in [0, 0.1) is 11.8 Å². The Bertz CT molecular complexity index is 649. The van der Waals surface area contributed by atoms with Crippen LogP contribution in [0.15, 0.2) is 30.3 Å². The van der Waals surface area contributed by atoms with Crippen molar-refractivity contribution in [3.05, 3.63) is 46.5 Å². The zero-order chi connectivity index (χ0) is 14.4. The van der Waals surface area contributed by atoms with Crippen LogP contribution in [0.4, 0.5) is 0 Å². The second-order valence-corrected chi connectivity index (χ2v) is 6.90. The van der Waals surface area contributed by atoms with Crippen molar-refractivity contribution in [2.24, 2.45) is 11.8 Å². The van der Waals surface area contributed by atoms with E-state index in [9.17, 15) is 0 Å². The molecule has 4 heteroatoms. The molecule has 0 spiro atoms. The van der Waals surface area contributed by atoms with Crippen LogP contribution in [0.2, 0.25) is 10.3 Å². The highest BCUT2D eigenvalue weighted by molar-refractivity contribution is 6.37. The Balaban J connectivity index is 1.73. The molecule has 4 rings (SSSR count). The smallest absolute Gasteiger partial charge is 0.142 e. The first-order chi connectivity index (χ1) is 10.2. The van der Waals surface area contributed by atoms with Gasteiger partial charge in [0.05, 0.1) is 5.56 Å². The fourth-order valence-electron chi connectivity index (χ4n) is 3.99. The van der Waals surface area contributed by atoms with Gasteiger partial charge in [-0.05, 0) is 36.7 Å². The summed E-state index contributed by atoms with van der Waals surface area (Å²) in [5.74, 6) is 2.88. The molecule has 0 radical (unpaired) electrons. The van der Waals surface area contributed by atoms with E-state index in [1.54, 1.807) is 0 Å². The third-order valence-corrected chi connectivity index (χ3v) is 5.52. The van der Waals surface area contributed by atoms with Gasteiger partial charge in [-0.3, -0.25) is 0 Å². The maximum absolute atomic E-state index is 6.41. The van der Waals surface area contributed by atoms with Gasteiger partial charge in [0.15, 0.2) is 0 Å². The average Bonchev–Trinajstić information content (AvgIpc) is 3.10. The number of fused-ring (bicyclic) bond motifs is 2. The third kappa shape index (κ3) is 2.35. The minimum atomic E-state index is 0.448. The van der Waals surface area contributed by atoms with Gasteiger partial charge in [-0.1, -0.05) is 60.0 Å². The van der Waals surface area contributed by atoms with Crippen molar-refractivity contribution < 1.29 is 0 Å². The van der Waals surface area contributed by atoms with Gasteiger partial charge >= 0.3 is 0 Å². The van der Waals surface area contributed by atoms with Crippen molar-refractivity contribution in [2.45, 2.75) is 31.6 Å². The lowest BCUT2D eigenvalue weighted by molar-refractivity contribution is 0.405. The molecule has 3 unspecified atom stereocenters. The Morgan fingerprint density at radius 1 is 0.905 bits per heavy atom. The minimum Gasteiger partial charge on any atom is -0.220 e. The van der Waals surface area contributed by atoms with Gasteiger partial charge in [-0.15, -0.1) is 0 Å². The second-order valence-electron chi connectivity index (χ2n) is 6.19. The quantitative estimate of drug-likeness (QED) is 0.697. The van der Waals surface area contributed by atoms with Gasteiger partial charge in [0, 0.05) is 5.92 Å². The van der Waals surface area contributed by atoms with Crippen LogP contribution in [-0.2, 0) is 0 Å². The molecule has 1 heterocycles. The summed E-state index contributed by atoms with van der Waals surface area (Å²) in [6.07, 6.45) is 5.19. The maximum Gasteiger partial charge on any atom is 0.142 e. The monoisotopic (exact) mass is 318 g/mol. The van der Waals surface area contributed by atoms with E-state index in [1.807, 2.05) is 30.3 Å². The van der Waals surface area contributed by atoms with Crippen molar-refractivity contribution in [3.63, 3.8) is 0 Å². The van der Waals surface area contributed by atoms with Gasteiger partial charge in [-0.25, -0.2) is 9.97 Å². The lowest BCUT2D eigenvalue weighted by Gasteiger charge is -2.21. The Morgan fingerprint density at radius 3 is 2.19 bits per heavy atom. The Kier molecular flexibility index (Phi) is 3.39. The summed E-state index contributed by atoms with van der Waals surface area (Å²) in [6, 6.07) is 9.86. The van der Waals surface area contributed by atoms with Crippen molar-refractivity contribution in [3.8, 4) is 11.1 Å². The van der Waals surface area contributed by atoms with Crippen LogP contribution < -0.4 is 0 Å². The summed E-state index contributed by atoms with van der Waals surface area (Å²) >= 11 is 12.8. The molecule has 0 aliphatic heterocycles. The summed E-state index contributed by atoms with van der Waals surface area (Å²) in [5, 5.41) is 0.943. The van der Waals surface area contributed by atoms with E-state index >= 15 is 0 Å². The van der Waals surface area contributed by atoms with Crippen molar-refractivity contribution in [1.82, 2.24) is 9.97 Å². The third-order valence-electron chi connectivity index (χ3n) is 4.97. The van der Waals surface area contributed by atoms with Crippen molar-refractivity contribution >= 4 is 23.2 Å². The molecule has 21 heavy (non-hydrogen) atoms. The molecular weight excluding hydrogens is 303 g/mol. The topological polar surface area (TPSA) is 25.8 Å². The summed E-state index contributed by atoms with van der Waals surface area (Å²) in [5.41, 5.74) is 1.71. The number of halogens is 2. The van der Waals surface area contributed by atoms with E-state index in [0.29, 0.717) is 16.2 Å². The summed E-state index contributed by atoms with van der Waals surface area (Å²) < 4.78 is 0. The number of benzene rings is 1. The van der Waals surface area contributed by atoms with Crippen molar-refractivity contribution in [1.29, 1.82) is 0 Å². The number of hydrogen-bond acceptors (Lipinski definition) is 2. The number of nitrogens with zero attached hydrogens (tertiary/aromatic N) is 2. The van der Waals surface area contributed by atoms with Crippen LogP contribution in [0.1, 0.15) is 37.4 Å². The Morgan fingerprint density at radius 2 is 1.62 bits per heavy atom. The van der Waals surface area contributed by atoms with Gasteiger partial charge in [0.1, 0.15) is 16.1 Å². The maximum atomic E-state index is 6.41. The van der Waals surface area contributed by atoms with E-state index in [0.717, 1.165) is 28.8 Å². The molecule has 2 saturated carbocycles. The molecule has 1 aromatic carbocycles. The SMILES string of the molecule is Clc1nc(C2CC3CCC2C3)nc(Cl)c1-c1ccccc1. The average molecular weight is 319 g/mol. The van der Waals surface area contributed by atoms with E-state index < -0.39 is 0 Å². The predicted molar refractivity (Wildman–Crippen MR) is 85.7 cm³/mol. The van der Waals surface area contributed by atoms with Gasteiger partial charge in [0.25, 0.3) is 0 Å². The highest BCUT2D eigenvalue weighted by Crippen LogP contribution is 2.52. The minimum absolute atomic E-state index is 0.448. The molecule has 2 bridgehead atoms. The van der Waals surface area contributed by atoms with Gasteiger partial charge in [0.2, 0.25) is 0 Å². The molecule has 2 aromatic rings. The summed E-state index contributed by atoms with van der Waals surface area (Å²) in [7, 11) is 0. The molecule has 2 nitrogen and oxygen atoms in total. The van der Waals surface area contributed by atoms with E-state index in [1.165, 1.54) is 25.7 Å². The molecule has 2 fully saturated rings. The van der Waals surface area contributed by atoms with Crippen molar-refractivity contribution in [2.75, 3.05) is 0 Å². The van der Waals surface area contributed by atoms with Crippen LogP contribution >= 0.6 is 23.2 Å². The summed E-state index contributed by atoms with van der Waals surface area (Å²) in [6.45, 7) is 0. The highest BCUT2D eigenvalue weighted by Gasteiger charge is 2.41. The number of hydrogen-bond donors (Lipinski definition) is 0. The van der Waals surface area contributed by atoms with Crippen LogP contribution in [0.25, 0.3) is 11.1 Å². The lowest BCUT2D eigenvalue weighted by Crippen LogP contribution is -2.12. The molecule has 2 aliphatic rings. The van der Waals surface area contributed by atoms with E-state index in [2.05, 4.69) is 9.97 Å². The molecular formula is C17H16Cl2N2. The van der Waals surface area contributed by atoms with E-state index in [-0.39, 0.29) is 0 Å². The molecule has 3 atom stereocenters. The zero-order valence-electron chi connectivity index (χ0n) is 11.6. The van der Waals surface area contributed by atoms with E-state index in [4.69, 9.17) is 23.2 Å². The first kappa shape index (κ1) is 13.5. The second kappa shape index (κ2) is 5.26. The van der Waals surface area contributed by atoms with Crippen LogP contribution in [0.3, 0.4) is 0 Å². The molecule has 2 aliphatic carbocycles. The normalized spacial score (nSPS) is 27.2. The molecule has 108 valence electrons. The highest BCUT2D eigenvalue weighted by atomic mass is 35.5. The molecule has 0 N–H and O–H groups in total. The van der Waals surface area contributed by atoms with Crippen LogP contribution in [-0.4, -0.2) is 9.97 Å². The Hall–Kier alpha value is -1.12. The largest absolute Gasteiger partial charge is 0.220 e. The molecule has 1 aromatic heterocycles. The van der Waals surface area contributed by atoms with Gasteiger partial charge < -0.3 is 0 Å².